The van der Waals surface area contributed by atoms with Crippen molar-refractivity contribution in [3.63, 3.8) is 0 Å². The molecule has 1 aliphatic carbocycles. The third-order valence-corrected chi connectivity index (χ3v) is 4.01. The first-order valence-corrected chi connectivity index (χ1v) is 6.96. The molecule has 3 rings (SSSR count). The molecule has 100 valence electrons. The van der Waals surface area contributed by atoms with E-state index in [2.05, 4.69) is 10.1 Å². The summed E-state index contributed by atoms with van der Waals surface area (Å²) in [6.07, 6.45) is 4.08. The van der Waals surface area contributed by atoms with Crippen molar-refractivity contribution in [2.75, 3.05) is 0 Å². The summed E-state index contributed by atoms with van der Waals surface area (Å²) in [4.78, 5) is 4.49. The van der Waals surface area contributed by atoms with E-state index >= 15 is 0 Å². The Morgan fingerprint density at radius 1 is 1.16 bits per heavy atom. The van der Waals surface area contributed by atoms with E-state index in [0.29, 0.717) is 28.7 Å². The molecule has 1 aliphatic rings. The van der Waals surface area contributed by atoms with Gasteiger partial charge in [0.15, 0.2) is 0 Å². The predicted molar refractivity (Wildman–Crippen MR) is 73.9 cm³/mol. The zero-order chi connectivity index (χ0) is 13.2. The minimum Gasteiger partial charge on any atom is -0.339 e. The van der Waals surface area contributed by atoms with Gasteiger partial charge in [0.2, 0.25) is 11.7 Å². The Balaban J connectivity index is 1.82. The summed E-state index contributed by atoms with van der Waals surface area (Å²) in [6, 6.07) is 7.84. The van der Waals surface area contributed by atoms with E-state index in [0.717, 1.165) is 31.2 Å². The van der Waals surface area contributed by atoms with Crippen molar-refractivity contribution in [2.45, 2.75) is 37.6 Å². The largest absolute Gasteiger partial charge is 0.339 e. The lowest BCUT2D eigenvalue weighted by Crippen LogP contribution is -2.25. The summed E-state index contributed by atoms with van der Waals surface area (Å²) in [5.41, 5.74) is 6.72. The van der Waals surface area contributed by atoms with Crippen LogP contribution in [0.15, 0.2) is 28.8 Å². The second-order valence-corrected chi connectivity index (χ2v) is 5.45. The van der Waals surface area contributed by atoms with Gasteiger partial charge in [-0.2, -0.15) is 4.98 Å². The fraction of sp³-hybridized carbons (Fsp3) is 0.429. The van der Waals surface area contributed by atoms with Gasteiger partial charge in [-0.1, -0.05) is 28.9 Å². The predicted octanol–water partition coefficient (Wildman–Crippen LogP) is 3.37. The number of nitrogens with two attached hydrogens (primary N) is 1. The lowest BCUT2D eigenvalue weighted by atomic mass is 9.86. The van der Waals surface area contributed by atoms with Crippen LogP contribution < -0.4 is 5.73 Å². The number of aromatic nitrogens is 2. The standard InChI is InChI=1S/C14H16ClN3O/c15-12-4-2-1-3-11(12)13-17-14(19-18-13)9-5-7-10(16)8-6-9/h1-4,9-10H,5-8,16H2. The van der Waals surface area contributed by atoms with E-state index in [1.807, 2.05) is 24.3 Å². The van der Waals surface area contributed by atoms with E-state index in [1.165, 1.54) is 0 Å². The molecule has 19 heavy (non-hydrogen) atoms. The van der Waals surface area contributed by atoms with Gasteiger partial charge in [0.1, 0.15) is 0 Å². The number of benzene rings is 1. The highest BCUT2D eigenvalue weighted by Crippen LogP contribution is 2.33. The van der Waals surface area contributed by atoms with Crippen LogP contribution in [0.4, 0.5) is 0 Å². The first kappa shape index (κ1) is 12.6. The molecule has 2 N–H and O–H groups in total. The Morgan fingerprint density at radius 3 is 2.63 bits per heavy atom. The third-order valence-electron chi connectivity index (χ3n) is 3.68. The van der Waals surface area contributed by atoms with Gasteiger partial charge < -0.3 is 10.3 Å². The normalized spacial score (nSPS) is 23.5. The van der Waals surface area contributed by atoms with Gasteiger partial charge in [-0.25, -0.2) is 0 Å². The van der Waals surface area contributed by atoms with Crippen molar-refractivity contribution < 1.29 is 4.52 Å². The summed E-state index contributed by atoms with van der Waals surface area (Å²) in [6.45, 7) is 0. The number of rotatable bonds is 2. The van der Waals surface area contributed by atoms with Crippen LogP contribution in [0.3, 0.4) is 0 Å². The zero-order valence-corrected chi connectivity index (χ0v) is 11.3. The maximum atomic E-state index is 6.13. The van der Waals surface area contributed by atoms with Crippen LogP contribution >= 0.6 is 11.6 Å². The number of hydrogen-bond donors (Lipinski definition) is 1. The molecular formula is C14H16ClN3O. The highest BCUT2D eigenvalue weighted by molar-refractivity contribution is 6.33. The molecule has 0 atom stereocenters. The lowest BCUT2D eigenvalue weighted by molar-refractivity contribution is 0.301. The molecule has 5 heteroatoms. The first-order valence-electron chi connectivity index (χ1n) is 6.58. The Bertz CT molecular complexity index is 561. The van der Waals surface area contributed by atoms with Crippen molar-refractivity contribution in [1.29, 1.82) is 0 Å². The second-order valence-electron chi connectivity index (χ2n) is 5.05. The molecular weight excluding hydrogens is 262 g/mol. The quantitative estimate of drug-likeness (QED) is 0.914. The minimum atomic E-state index is 0.321. The van der Waals surface area contributed by atoms with Crippen LogP contribution in [0.5, 0.6) is 0 Å². The first-order chi connectivity index (χ1) is 9.24. The van der Waals surface area contributed by atoms with Gasteiger partial charge in [0, 0.05) is 17.5 Å². The molecule has 2 aromatic rings. The lowest BCUT2D eigenvalue weighted by Gasteiger charge is -2.22. The van der Waals surface area contributed by atoms with E-state index < -0.39 is 0 Å². The molecule has 0 spiro atoms. The van der Waals surface area contributed by atoms with Crippen molar-refractivity contribution in [3.8, 4) is 11.4 Å². The van der Waals surface area contributed by atoms with E-state index in [9.17, 15) is 0 Å². The average Bonchev–Trinajstić information content (AvgIpc) is 2.89. The SMILES string of the molecule is NC1CCC(c2nc(-c3ccccc3Cl)no2)CC1. The highest BCUT2D eigenvalue weighted by Gasteiger charge is 2.25. The van der Waals surface area contributed by atoms with E-state index in [1.54, 1.807) is 0 Å². The van der Waals surface area contributed by atoms with E-state index in [-0.39, 0.29) is 0 Å². The fourth-order valence-corrected chi connectivity index (χ4v) is 2.74. The summed E-state index contributed by atoms with van der Waals surface area (Å²) < 4.78 is 5.39. The van der Waals surface area contributed by atoms with Crippen LogP contribution in [0.2, 0.25) is 5.02 Å². The van der Waals surface area contributed by atoms with Crippen molar-refractivity contribution >= 4 is 11.6 Å². The molecule has 4 nitrogen and oxygen atoms in total. The molecule has 0 aliphatic heterocycles. The van der Waals surface area contributed by atoms with Gasteiger partial charge in [-0.15, -0.1) is 0 Å². The van der Waals surface area contributed by atoms with Crippen molar-refractivity contribution in [1.82, 2.24) is 10.1 Å². The summed E-state index contributed by atoms with van der Waals surface area (Å²) in [5, 5.41) is 4.68. The molecule has 0 unspecified atom stereocenters. The molecule has 0 amide bonds. The smallest absolute Gasteiger partial charge is 0.230 e. The van der Waals surface area contributed by atoms with Gasteiger partial charge in [-0.05, 0) is 37.8 Å². The van der Waals surface area contributed by atoms with Crippen LogP contribution in [0, 0.1) is 0 Å². The molecule has 1 heterocycles. The van der Waals surface area contributed by atoms with Crippen LogP contribution in [-0.2, 0) is 0 Å². The monoisotopic (exact) mass is 277 g/mol. The molecule has 1 aromatic heterocycles. The molecule has 1 saturated carbocycles. The van der Waals surface area contributed by atoms with E-state index in [4.69, 9.17) is 21.9 Å². The highest BCUT2D eigenvalue weighted by atomic mass is 35.5. The molecule has 0 radical (unpaired) electrons. The molecule has 0 saturated heterocycles. The molecule has 0 bridgehead atoms. The van der Waals surface area contributed by atoms with Gasteiger partial charge in [0.05, 0.1) is 5.02 Å². The van der Waals surface area contributed by atoms with Crippen molar-refractivity contribution in [2.24, 2.45) is 5.73 Å². The van der Waals surface area contributed by atoms with Crippen LogP contribution in [-0.4, -0.2) is 16.2 Å². The maximum Gasteiger partial charge on any atom is 0.230 e. The topological polar surface area (TPSA) is 64.9 Å². The van der Waals surface area contributed by atoms with Gasteiger partial charge in [0.25, 0.3) is 0 Å². The van der Waals surface area contributed by atoms with Crippen LogP contribution in [0.1, 0.15) is 37.5 Å². The Morgan fingerprint density at radius 2 is 1.89 bits per heavy atom. The Hall–Kier alpha value is -1.39. The Kier molecular flexibility index (Phi) is 3.53. The van der Waals surface area contributed by atoms with Crippen LogP contribution in [0.25, 0.3) is 11.4 Å². The zero-order valence-electron chi connectivity index (χ0n) is 10.6. The average molecular weight is 278 g/mol. The summed E-state index contributed by atoms with van der Waals surface area (Å²) in [7, 11) is 0. The molecule has 1 fully saturated rings. The molecule has 1 aromatic carbocycles. The minimum absolute atomic E-state index is 0.321. The van der Waals surface area contributed by atoms with Gasteiger partial charge >= 0.3 is 0 Å². The third kappa shape index (κ3) is 2.65. The summed E-state index contributed by atoms with van der Waals surface area (Å²) >= 11 is 6.13. The fourth-order valence-electron chi connectivity index (χ4n) is 2.52. The number of halogens is 1. The van der Waals surface area contributed by atoms with Crippen molar-refractivity contribution in [3.05, 3.63) is 35.2 Å². The summed E-state index contributed by atoms with van der Waals surface area (Å²) in [5.74, 6) is 1.61. The number of hydrogen-bond acceptors (Lipinski definition) is 4. The number of nitrogens with zero attached hydrogens (tertiary/aromatic N) is 2. The maximum absolute atomic E-state index is 6.13. The van der Waals surface area contributed by atoms with Gasteiger partial charge in [-0.3, -0.25) is 0 Å². The Labute approximate surface area is 117 Å². The second kappa shape index (κ2) is 5.31.